The van der Waals surface area contributed by atoms with Gasteiger partial charge in [0.25, 0.3) is 11.6 Å². The Kier molecular flexibility index (Phi) is 9.32. The van der Waals surface area contributed by atoms with Crippen LogP contribution in [-0.4, -0.2) is 80.3 Å². The third kappa shape index (κ3) is 6.24. The van der Waals surface area contributed by atoms with Crippen molar-refractivity contribution in [2.45, 2.75) is 18.7 Å². The Morgan fingerprint density at radius 2 is 1.74 bits per heavy atom. The van der Waals surface area contributed by atoms with Crippen LogP contribution in [0.5, 0.6) is 11.5 Å². The molecule has 0 spiro atoms. The number of rotatable bonds is 10. The van der Waals surface area contributed by atoms with Crippen molar-refractivity contribution >= 4 is 39.2 Å². The molecule has 222 valence electrons. The number of piperazine rings is 1. The van der Waals surface area contributed by atoms with Crippen LogP contribution in [0.3, 0.4) is 0 Å². The number of aliphatic hydroxyl groups is 1. The molecule has 2 aliphatic rings. The van der Waals surface area contributed by atoms with Gasteiger partial charge in [-0.2, -0.15) is 0 Å². The summed E-state index contributed by atoms with van der Waals surface area (Å²) >= 11 is 3.44. The molecule has 0 aliphatic carbocycles. The molecular formula is C31H36BrN5O5. The van der Waals surface area contributed by atoms with Crippen molar-refractivity contribution in [3.63, 3.8) is 0 Å². The Labute approximate surface area is 254 Å². The highest BCUT2D eigenvalue weighted by molar-refractivity contribution is 9.10. The number of nitrogens with zero attached hydrogens (tertiary/aromatic N) is 3. The van der Waals surface area contributed by atoms with Gasteiger partial charge in [-0.05, 0) is 48.9 Å². The van der Waals surface area contributed by atoms with Crippen LogP contribution >= 0.6 is 15.9 Å². The number of ether oxygens (including phenoxy) is 2. The summed E-state index contributed by atoms with van der Waals surface area (Å²) in [5.74, 6) is 0.0629. The van der Waals surface area contributed by atoms with E-state index in [1.54, 1.807) is 36.4 Å². The van der Waals surface area contributed by atoms with Gasteiger partial charge in [0.05, 0.1) is 25.6 Å². The molecule has 0 unspecified atom stereocenters. The Hall–Kier alpha value is -3.64. The lowest BCUT2D eigenvalue weighted by atomic mass is 9.94. The minimum atomic E-state index is -2.34. The fraction of sp³-hybridized carbons (Fsp3) is 0.355. The second kappa shape index (κ2) is 13.1. The van der Waals surface area contributed by atoms with E-state index in [4.69, 9.17) is 9.47 Å². The van der Waals surface area contributed by atoms with E-state index < -0.39 is 17.7 Å². The van der Waals surface area contributed by atoms with Crippen LogP contribution in [0, 0.1) is 0 Å². The van der Waals surface area contributed by atoms with Crippen molar-refractivity contribution in [1.29, 1.82) is 0 Å². The van der Waals surface area contributed by atoms with E-state index in [0.717, 1.165) is 44.2 Å². The summed E-state index contributed by atoms with van der Waals surface area (Å²) in [5, 5.41) is 17.8. The van der Waals surface area contributed by atoms with Crippen LogP contribution < -0.4 is 25.0 Å². The van der Waals surface area contributed by atoms with E-state index >= 15 is 0 Å². The minimum Gasteiger partial charge on any atom is -0.497 e. The van der Waals surface area contributed by atoms with Gasteiger partial charge in [-0.1, -0.05) is 46.3 Å². The predicted octanol–water partition coefficient (Wildman–Crippen LogP) is 3.99. The number of hydrogen-bond donors (Lipinski definition) is 3. The molecule has 3 aromatic carbocycles. The van der Waals surface area contributed by atoms with Gasteiger partial charge >= 0.3 is 6.03 Å². The Balaban J connectivity index is 1.27. The van der Waals surface area contributed by atoms with Crippen molar-refractivity contribution in [3.8, 4) is 11.5 Å². The number of halogens is 1. The molecule has 2 heterocycles. The number of carbonyl (C=O) groups is 2. The number of urea groups is 1. The molecule has 42 heavy (non-hydrogen) atoms. The van der Waals surface area contributed by atoms with Crippen molar-refractivity contribution < 1.29 is 24.2 Å². The van der Waals surface area contributed by atoms with Gasteiger partial charge in [-0.3, -0.25) is 9.69 Å². The molecule has 11 heteroatoms. The fourth-order valence-electron chi connectivity index (χ4n) is 5.47. The third-order valence-corrected chi connectivity index (χ3v) is 8.21. The Morgan fingerprint density at radius 3 is 2.45 bits per heavy atom. The number of benzene rings is 3. The molecule has 10 nitrogen and oxygen atoms in total. The summed E-state index contributed by atoms with van der Waals surface area (Å²) in [6.07, 6.45) is 0.698. The highest BCUT2D eigenvalue weighted by Gasteiger charge is 2.52. The maximum Gasteiger partial charge on any atom is 0.329 e. The van der Waals surface area contributed by atoms with Crippen LogP contribution in [0.4, 0.5) is 16.2 Å². The summed E-state index contributed by atoms with van der Waals surface area (Å²) in [6.45, 7) is 5.99. The maximum absolute atomic E-state index is 13.8. The quantitative estimate of drug-likeness (QED) is 0.289. The topological polar surface area (TPSA) is 107 Å². The van der Waals surface area contributed by atoms with Crippen LogP contribution in [0.1, 0.15) is 17.5 Å². The zero-order valence-electron chi connectivity index (χ0n) is 23.8. The fourth-order valence-corrected chi connectivity index (χ4v) is 5.83. The first kappa shape index (κ1) is 29.8. The summed E-state index contributed by atoms with van der Waals surface area (Å²) in [4.78, 5) is 33.1. The molecule has 3 aromatic rings. The van der Waals surface area contributed by atoms with E-state index in [2.05, 4.69) is 60.6 Å². The lowest BCUT2D eigenvalue weighted by Crippen LogP contribution is -2.62. The van der Waals surface area contributed by atoms with Gasteiger partial charge in [-0.25, -0.2) is 9.69 Å². The Bertz CT molecular complexity index is 1420. The number of anilines is 2. The zero-order chi connectivity index (χ0) is 29.7. The van der Waals surface area contributed by atoms with Crippen LogP contribution in [0.15, 0.2) is 71.2 Å². The van der Waals surface area contributed by atoms with Gasteiger partial charge < -0.3 is 30.1 Å². The zero-order valence-corrected chi connectivity index (χ0v) is 25.4. The van der Waals surface area contributed by atoms with Gasteiger partial charge in [0.1, 0.15) is 11.5 Å². The number of fused-ring (bicyclic) bond motifs is 1. The van der Waals surface area contributed by atoms with E-state index in [1.807, 2.05) is 6.07 Å². The number of nitrogens with one attached hydrogen (secondary N) is 2. The molecule has 0 bridgehead atoms. The molecule has 1 saturated heterocycles. The van der Waals surface area contributed by atoms with Crippen molar-refractivity contribution in [2.24, 2.45) is 0 Å². The molecule has 3 amide bonds. The first-order valence-corrected chi connectivity index (χ1v) is 14.8. The number of methoxy groups -OCH3 is 2. The van der Waals surface area contributed by atoms with Gasteiger partial charge in [0.15, 0.2) is 0 Å². The van der Waals surface area contributed by atoms with Crippen LogP contribution in [-0.2, 0) is 17.1 Å². The van der Waals surface area contributed by atoms with E-state index in [9.17, 15) is 14.7 Å². The molecule has 2 aliphatic heterocycles. The van der Waals surface area contributed by atoms with Crippen molar-refractivity contribution in [3.05, 3.63) is 82.3 Å². The van der Waals surface area contributed by atoms with Crippen molar-refractivity contribution in [1.82, 2.24) is 15.1 Å². The van der Waals surface area contributed by atoms with Gasteiger partial charge in [0, 0.05) is 55.4 Å². The van der Waals surface area contributed by atoms with E-state index in [-0.39, 0.29) is 17.0 Å². The third-order valence-electron chi connectivity index (χ3n) is 7.72. The van der Waals surface area contributed by atoms with E-state index in [1.165, 1.54) is 19.8 Å². The minimum absolute atomic E-state index is 0.215. The highest BCUT2D eigenvalue weighted by atomic mass is 79.9. The normalized spacial score (nSPS) is 19.1. The largest absolute Gasteiger partial charge is 0.497 e. The van der Waals surface area contributed by atoms with Crippen LogP contribution in [0.2, 0.25) is 0 Å². The smallest absolute Gasteiger partial charge is 0.329 e. The molecule has 3 N–H and O–H groups in total. The number of carbonyl (C=O) groups excluding carboxylic acids is 2. The summed E-state index contributed by atoms with van der Waals surface area (Å²) in [7, 11) is 2.97. The lowest BCUT2D eigenvalue weighted by Gasteiger charge is -2.43. The standard InChI is InChI=1S/C31H36BrN5O5/c1-41-24-10-12-27(28(20-24)42-2)37-30(39)34-26-11-9-23(32)19-25(26)31(37,40)29(38)33-13-6-14-35-15-17-36(18-16-35)21-22-7-4-3-5-8-22/h3-5,7-12,19-20,40H,6,13-18,21H2,1-2H3,(H,33,38)(H,34,39)/t31-/m1/s1. The number of amides is 3. The lowest BCUT2D eigenvalue weighted by molar-refractivity contribution is -0.140. The monoisotopic (exact) mass is 637 g/mol. The first-order chi connectivity index (χ1) is 20.3. The maximum atomic E-state index is 13.8. The molecule has 0 aromatic heterocycles. The average molecular weight is 639 g/mol. The molecule has 0 radical (unpaired) electrons. The molecule has 1 fully saturated rings. The molecule has 5 rings (SSSR count). The first-order valence-electron chi connectivity index (χ1n) is 14.0. The second-order valence-electron chi connectivity index (χ2n) is 10.4. The second-order valence-corrected chi connectivity index (χ2v) is 11.3. The summed E-state index contributed by atoms with van der Waals surface area (Å²) < 4.78 is 11.5. The molecular weight excluding hydrogens is 602 g/mol. The Morgan fingerprint density at radius 1 is 1.00 bits per heavy atom. The molecule has 0 saturated carbocycles. The van der Waals surface area contributed by atoms with Crippen molar-refractivity contribution in [2.75, 3.05) is 63.7 Å². The van der Waals surface area contributed by atoms with Crippen LogP contribution in [0.25, 0.3) is 0 Å². The van der Waals surface area contributed by atoms with Gasteiger partial charge in [0.2, 0.25) is 0 Å². The summed E-state index contributed by atoms with van der Waals surface area (Å²) in [6, 6.07) is 19.6. The van der Waals surface area contributed by atoms with Gasteiger partial charge in [-0.15, -0.1) is 0 Å². The predicted molar refractivity (Wildman–Crippen MR) is 165 cm³/mol. The summed E-state index contributed by atoms with van der Waals surface area (Å²) in [5.41, 5.74) is -0.225. The number of hydrogen-bond acceptors (Lipinski definition) is 7. The van der Waals surface area contributed by atoms with E-state index in [0.29, 0.717) is 28.9 Å². The molecule has 1 atom stereocenters. The average Bonchev–Trinajstić information content (AvgIpc) is 3.01. The highest BCUT2D eigenvalue weighted by Crippen LogP contribution is 2.44. The SMILES string of the molecule is COc1ccc(N2C(=O)Nc3ccc(Br)cc3[C@@]2(O)C(=O)NCCCN2CCN(Cc3ccccc3)CC2)c(OC)c1.